The first-order valence-corrected chi connectivity index (χ1v) is 6.74. The van der Waals surface area contributed by atoms with Crippen LogP contribution in [0.5, 0.6) is 0 Å². The van der Waals surface area contributed by atoms with Gasteiger partial charge >= 0.3 is 0 Å². The topological polar surface area (TPSA) is 80.1 Å². The fourth-order valence-corrected chi connectivity index (χ4v) is 2.05. The normalized spacial score (nSPS) is 10.2. The van der Waals surface area contributed by atoms with Gasteiger partial charge in [0.25, 0.3) is 5.69 Å². The fourth-order valence-electron chi connectivity index (χ4n) is 2.05. The molecule has 2 N–H and O–H groups in total. The highest BCUT2D eigenvalue weighted by Crippen LogP contribution is 2.25. The number of benzene rings is 1. The monoisotopic (exact) mass is 286 g/mol. The lowest BCUT2D eigenvalue weighted by Gasteiger charge is -2.11. The smallest absolute Gasteiger partial charge is 0.276 e. The van der Waals surface area contributed by atoms with Crippen molar-refractivity contribution < 1.29 is 4.92 Å². The van der Waals surface area contributed by atoms with Crippen molar-refractivity contribution in [2.45, 2.75) is 20.8 Å². The average molecular weight is 286 g/mol. The minimum Gasteiger partial charge on any atom is -0.370 e. The van der Waals surface area contributed by atoms with Crippen molar-refractivity contribution >= 4 is 23.0 Å². The van der Waals surface area contributed by atoms with Crippen LogP contribution in [0.25, 0.3) is 0 Å². The molecule has 0 saturated carbocycles. The molecule has 2 aromatic rings. The van der Waals surface area contributed by atoms with Crippen LogP contribution >= 0.6 is 0 Å². The van der Waals surface area contributed by atoms with E-state index in [1.165, 1.54) is 17.7 Å². The number of nitro groups is 1. The Bertz CT molecular complexity index is 671. The average Bonchev–Trinajstić information content (AvgIpc) is 2.42. The lowest BCUT2D eigenvalue weighted by Crippen LogP contribution is -2.04. The number of hydrogen-bond acceptors (Lipinski definition) is 5. The number of hydrogen-bond donors (Lipinski definition) is 2. The molecule has 1 heterocycles. The number of pyridine rings is 1. The number of nitrogens with zero attached hydrogens (tertiary/aromatic N) is 2. The molecular formula is C15H18N4O2. The maximum Gasteiger partial charge on any atom is 0.276 e. The predicted octanol–water partition coefficient (Wildman–Crippen LogP) is 3.78. The number of nitrogens with one attached hydrogen (secondary N) is 2. The molecule has 6 heteroatoms. The number of anilines is 3. The van der Waals surface area contributed by atoms with Gasteiger partial charge in [-0.25, -0.2) is 4.98 Å². The van der Waals surface area contributed by atoms with Crippen LogP contribution in [0.1, 0.15) is 18.1 Å². The zero-order valence-corrected chi connectivity index (χ0v) is 12.3. The molecule has 0 saturated heterocycles. The molecule has 21 heavy (non-hydrogen) atoms. The van der Waals surface area contributed by atoms with Crippen LogP contribution < -0.4 is 10.6 Å². The van der Waals surface area contributed by atoms with Crippen molar-refractivity contribution in [2.24, 2.45) is 0 Å². The maximum atomic E-state index is 11.0. The molecule has 0 aliphatic rings. The molecule has 0 aliphatic carbocycles. The summed E-state index contributed by atoms with van der Waals surface area (Å²) in [6.07, 6.45) is 0. The molecule has 0 bridgehead atoms. The Morgan fingerprint density at radius 2 is 1.90 bits per heavy atom. The van der Waals surface area contributed by atoms with Crippen LogP contribution in [0.15, 0.2) is 30.3 Å². The lowest BCUT2D eigenvalue weighted by molar-refractivity contribution is -0.384. The summed E-state index contributed by atoms with van der Waals surface area (Å²) in [6.45, 7) is 6.57. The summed E-state index contributed by atoms with van der Waals surface area (Å²) in [5.41, 5.74) is 3.12. The third-order valence-electron chi connectivity index (χ3n) is 3.02. The number of aryl methyl sites for hydroxylation is 2. The molecular weight excluding hydrogens is 268 g/mol. The zero-order chi connectivity index (χ0) is 15.4. The van der Waals surface area contributed by atoms with Crippen molar-refractivity contribution in [3.63, 3.8) is 0 Å². The molecule has 0 amide bonds. The van der Waals surface area contributed by atoms with Gasteiger partial charge < -0.3 is 10.6 Å². The van der Waals surface area contributed by atoms with Crippen LogP contribution in [0.4, 0.5) is 23.0 Å². The molecule has 2 rings (SSSR count). The van der Waals surface area contributed by atoms with E-state index in [0.29, 0.717) is 18.2 Å². The highest BCUT2D eigenvalue weighted by molar-refractivity contribution is 5.64. The van der Waals surface area contributed by atoms with Gasteiger partial charge in [0.15, 0.2) is 0 Å². The Kier molecular flexibility index (Phi) is 4.37. The standard InChI is InChI=1S/C15H18N4O2/c1-4-16-14-8-12(19(20)21)9-15(18-14)17-13-6-5-10(2)7-11(13)3/h5-9H,4H2,1-3H3,(H2,16,17,18). The van der Waals surface area contributed by atoms with E-state index in [9.17, 15) is 10.1 Å². The van der Waals surface area contributed by atoms with E-state index in [0.717, 1.165) is 11.3 Å². The second-order valence-electron chi connectivity index (χ2n) is 4.83. The van der Waals surface area contributed by atoms with E-state index in [2.05, 4.69) is 15.6 Å². The van der Waals surface area contributed by atoms with Gasteiger partial charge in [-0.05, 0) is 32.4 Å². The van der Waals surface area contributed by atoms with Gasteiger partial charge in [-0.15, -0.1) is 0 Å². The van der Waals surface area contributed by atoms with E-state index < -0.39 is 4.92 Å². The highest BCUT2D eigenvalue weighted by atomic mass is 16.6. The third kappa shape index (κ3) is 3.68. The van der Waals surface area contributed by atoms with Gasteiger partial charge in [0.1, 0.15) is 11.6 Å². The van der Waals surface area contributed by atoms with Crippen LogP contribution in [-0.2, 0) is 0 Å². The van der Waals surface area contributed by atoms with E-state index in [1.807, 2.05) is 39.0 Å². The summed E-state index contributed by atoms with van der Waals surface area (Å²) in [5, 5.41) is 17.1. The van der Waals surface area contributed by atoms with Crippen molar-refractivity contribution in [3.8, 4) is 0 Å². The SMILES string of the molecule is CCNc1cc([N+](=O)[O-])cc(Nc2ccc(C)cc2C)n1. The van der Waals surface area contributed by atoms with Gasteiger partial charge in [-0.3, -0.25) is 10.1 Å². The molecule has 6 nitrogen and oxygen atoms in total. The zero-order valence-electron chi connectivity index (χ0n) is 12.3. The largest absolute Gasteiger partial charge is 0.370 e. The lowest BCUT2D eigenvalue weighted by atomic mass is 10.1. The summed E-state index contributed by atoms with van der Waals surface area (Å²) in [5.74, 6) is 0.936. The minimum absolute atomic E-state index is 0.00761. The van der Waals surface area contributed by atoms with Crippen molar-refractivity contribution in [2.75, 3.05) is 17.2 Å². The van der Waals surface area contributed by atoms with Crippen LogP contribution in [0.2, 0.25) is 0 Å². The second-order valence-corrected chi connectivity index (χ2v) is 4.83. The Morgan fingerprint density at radius 1 is 1.19 bits per heavy atom. The first kappa shape index (κ1) is 14.8. The van der Waals surface area contributed by atoms with E-state index in [1.54, 1.807) is 0 Å². The van der Waals surface area contributed by atoms with Crippen LogP contribution in [-0.4, -0.2) is 16.5 Å². The van der Waals surface area contributed by atoms with E-state index in [-0.39, 0.29) is 5.69 Å². The summed E-state index contributed by atoms with van der Waals surface area (Å²) in [7, 11) is 0. The van der Waals surface area contributed by atoms with E-state index in [4.69, 9.17) is 0 Å². The maximum absolute atomic E-state index is 11.0. The molecule has 0 fully saturated rings. The van der Waals surface area contributed by atoms with Gasteiger partial charge in [-0.2, -0.15) is 0 Å². The molecule has 1 aromatic heterocycles. The summed E-state index contributed by atoms with van der Waals surface area (Å²) >= 11 is 0. The first-order chi connectivity index (χ1) is 9.99. The van der Waals surface area contributed by atoms with Crippen LogP contribution in [0, 0.1) is 24.0 Å². The summed E-state index contributed by atoms with van der Waals surface area (Å²) in [6, 6.07) is 8.83. The summed E-state index contributed by atoms with van der Waals surface area (Å²) in [4.78, 5) is 14.9. The molecule has 0 radical (unpaired) electrons. The van der Waals surface area contributed by atoms with Gasteiger partial charge in [0.05, 0.1) is 17.1 Å². The molecule has 1 aromatic carbocycles. The van der Waals surface area contributed by atoms with Gasteiger partial charge in [0.2, 0.25) is 0 Å². The summed E-state index contributed by atoms with van der Waals surface area (Å²) < 4.78 is 0. The van der Waals surface area contributed by atoms with Gasteiger partial charge in [-0.1, -0.05) is 17.7 Å². The Hall–Kier alpha value is -2.63. The van der Waals surface area contributed by atoms with Crippen molar-refractivity contribution in [1.82, 2.24) is 4.98 Å². The van der Waals surface area contributed by atoms with E-state index >= 15 is 0 Å². The second kappa shape index (κ2) is 6.21. The molecule has 0 atom stereocenters. The number of rotatable bonds is 5. The quantitative estimate of drug-likeness (QED) is 0.645. The van der Waals surface area contributed by atoms with Crippen LogP contribution in [0.3, 0.4) is 0 Å². The number of aromatic nitrogens is 1. The Labute approximate surface area is 123 Å². The molecule has 0 spiro atoms. The minimum atomic E-state index is -0.421. The van der Waals surface area contributed by atoms with Crippen molar-refractivity contribution in [1.29, 1.82) is 0 Å². The molecule has 0 aliphatic heterocycles. The van der Waals surface area contributed by atoms with Crippen molar-refractivity contribution in [3.05, 3.63) is 51.6 Å². The third-order valence-corrected chi connectivity index (χ3v) is 3.02. The fraction of sp³-hybridized carbons (Fsp3) is 0.267. The molecule has 110 valence electrons. The highest BCUT2D eigenvalue weighted by Gasteiger charge is 2.11. The molecule has 0 unspecified atom stereocenters. The van der Waals surface area contributed by atoms with Gasteiger partial charge in [0, 0.05) is 12.2 Å². The Balaban J connectivity index is 2.36. The Morgan fingerprint density at radius 3 is 2.52 bits per heavy atom. The first-order valence-electron chi connectivity index (χ1n) is 6.74. The predicted molar refractivity (Wildman–Crippen MR) is 84.3 cm³/mol.